The van der Waals surface area contributed by atoms with Crippen LogP contribution < -0.4 is 5.73 Å². The van der Waals surface area contributed by atoms with Crippen LogP contribution in [0.4, 0.5) is 0 Å². The van der Waals surface area contributed by atoms with Crippen molar-refractivity contribution in [3.05, 3.63) is 0 Å². The van der Waals surface area contributed by atoms with Crippen molar-refractivity contribution in [3.8, 4) is 0 Å². The maximum atomic E-state index is 9.82. The lowest BCUT2D eigenvalue weighted by Gasteiger charge is -2.28. The molecule has 0 aromatic rings. The summed E-state index contributed by atoms with van der Waals surface area (Å²) in [7, 11) is 0. The summed E-state index contributed by atoms with van der Waals surface area (Å²) in [6, 6.07) is 0.782. The van der Waals surface area contributed by atoms with Gasteiger partial charge in [0.2, 0.25) is 0 Å². The molecule has 0 spiro atoms. The van der Waals surface area contributed by atoms with Crippen LogP contribution in [-0.2, 0) is 0 Å². The second-order valence-electron chi connectivity index (χ2n) is 6.15. The van der Waals surface area contributed by atoms with Gasteiger partial charge in [-0.1, -0.05) is 13.8 Å². The molecule has 1 aliphatic rings. The number of unbranched alkanes of at least 4 members (excludes halogenated alkanes) is 1. The average Bonchev–Trinajstić information content (AvgIpc) is 2.73. The first-order chi connectivity index (χ1) is 7.96. The largest absolute Gasteiger partial charge is 0.389 e. The normalized spacial score (nSPS) is 25.4. The third-order valence-electron chi connectivity index (χ3n) is 4.03. The molecule has 2 unspecified atom stereocenters. The Balaban J connectivity index is 2.18. The number of nitrogens with two attached hydrogens (primary N) is 1. The first kappa shape index (κ1) is 14.9. The molecule has 3 heteroatoms. The van der Waals surface area contributed by atoms with Gasteiger partial charge in [0.25, 0.3) is 0 Å². The summed E-state index contributed by atoms with van der Waals surface area (Å²) in [4.78, 5) is 2.63. The zero-order chi connectivity index (χ0) is 12.9. The number of rotatable bonds is 7. The Kier molecular flexibility index (Phi) is 5.90. The lowest BCUT2D eigenvalue weighted by atomic mass is 9.98. The van der Waals surface area contributed by atoms with Gasteiger partial charge in [0.15, 0.2) is 0 Å². The molecule has 0 bridgehead atoms. The van der Waals surface area contributed by atoms with Crippen LogP contribution >= 0.6 is 0 Å². The van der Waals surface area contributed by atoms with Gasteiger partial charge in [-0.15, -0.1) is 0 Å². The smallest absolute Gasteiger partial charge is 0.0741 e. The second kappa shape index (κ2) is 6.72. The highest BCUT2D eigenvalue weighted by molar-refractivity contribution is 4.81. The van der Waals surface area contributed by atoms with Gasteiger partial charge in [-0.3, -0.25) is 0 Å². The summed E-state index contributed by atoms with van der Waals surface area (Å²) >= 11 is 0. The summed E-state index contributed by atoms with van der Waals surface area (Å²) < 4.78 is 0. The molecule has 1 saturated heterocycles. The molecule has 0 radical (unpaired) electrons. The predicted octanol–water partition coefficient (Wildman–Crippen LogP) is 1.99. The van der Waals surface area contributed by atoms with E-state index >= 15 is 0 Å². The standard InChI is InChI=1S/C14H30N2O/c1-12(2)13-7-6-10-16(13)9-5-4-8-14(3,17)11-15/h12-13,17H,4-11,15H2,1-3H3. The Labute approximate surface area is 106 Å². The fraction of sp³-hybridized carbons (Fsp3) is 1.00. The lowest BCUT2D eigenvalue weighted by Crippen LogP contribution is -2.35. The van der Waals surface area contributed by atoms with Crippen LogP contribution in [0.1, 0.15) is 52.9 Å². The molecule has 3 nitrogen and oxygen atoms in total. The fourth-order valence-electron chi connectivity index (χ4n) is 2.81. The van der Waals surface area contributed by atoms with E-state index in [1.165, 1.54) is 32.4 Å². The van der Waals surface area contributed by atoms with E-state index in [0.717, 1.165) is 24.8 Å². The summed E-state index contributed by atoms with van der Waals surface area (Å²) in [5.74, 6) is 0.768. The number of nitrogens with zero attached hydrogens (tertiary/aromatic N) is 1. The van der Waals surface area contributed by atoms with Crippen LogP contribution in [0.2, 0.25) is 0 Å². The molecule has 1 aliphatic heterocycles. The van der Waals surface area contributed by atoms with Gasteiger partial charge in [0.05, 0.1) is 5.60 Å². The zero-order valence-corrected chi connectivity index (χ0v) is 11.8. The van der Waals surface area contributed by atoms with Crippen LogP contribution in [0.15, 0.2) is 0 Å². The predicted molar refractivity (Wildman–Crippen MR) is 73.0 cm³/mol. The quantitative estimate of drug-likeness (QED) is 0.671. The molecule has 0 amide bonds. The number of hydrogen-bond donors (Lipinski definition) is 2. The first-order valence-corrected chi connectivity index (χ1v) is 7.13. The number of likely N-dealkylation sites (tertiary alicyclic amines) is 1. The molecule has 1 fully saturated rings. The van der Waals surface area contributed by atoms with E-state index in [1.54, 1.807) is 0 Å². The number of aliphatic hydroxyl groups is 1. The molecule has 0 saturated carbocycles. The highest BCUT2D eigenvalue weighted by Crippen LogP contribution is 2.24. The van der Waals surface area contributed by atoms with Gasteiger partial charge in [0.1, 0.15) is 0 Å². The SMILES string of the molecule is CC(C)C1CCCN1CCCCC(C)(O)CN. The molecular formula is C14H30N2O. The highest BCUT2D eigenvalue weighted by atomic mass is 16.3. The Bertz CT molecular complexity index is 216. The van der Waals surface area contributed by atoms with Crippen molar-refractivity contribution >= 4 is 0 Å². The zero-order valence-electron chi connectivity index (χ0n) is 11.8. The van der Waals surface area contributed by atoms with Gasteiger partial charge < -0.3 is 15.7 Å². The van der Waals surface area contributed by atoms with E-state index in [-0.39, 0.29) is 0 Å². The van der Waals surface area contributed by atoms with Crippen molar-refractivity contribution < 1.29 is 5.11 Å². The second-order valence-corrected chi connectivity index (χ2v) is 6.15. The molecule has 17 heavy (non-hydrogen) atoms. The minimum atomic E-state index is -0.664. The lowest BCUT2D eigenvalue weighted by molar-refractivity contribution is 0.0559. The fourth-order valence-corrected chi connectivity index (χ4v) is 2.81. The van der Waals surface area contributed by atoms with Crippen molar-refractivity contribution in [3.63, 3.8) is 0 Å². The third kappa shape index (κ3) is 4.94. The first-order valence-electron chi connectivity index (χ1n) is 7.13. The maximum absolute atomic E-state index is 9.82. The Morgan fingerprint density at radius 1 is 1.41 bits per heavy atom. The summed E-state index contributed by atoms with van der Waals surface area (Å²) in [6.45, 7) is 9.29. The molecule has 1 rings (SSSR count). The summed E-state index contributed by atoms with van der Waals surface area (Å²) in [5, 5.41) is 9.82. The molecule has 2 atom stereocenters. The van der Waals surface area contributed by atoms with E-state index in [2.05, 4.69) is 18.7 Å². The Morgan fingerprint density at radius 3 is 2.71 bits per heavy atom. The van der Waals surface area contributed by atoms with Crippen LogP contribution in [-0.4, -0.2) is 41.3 Å². The van der Waals surface area contributed by atoms with Gasteiger partial charge in [-0.2, -0.15) is 0 Å². The van der Waals surface area contributed by atoms with Crippen molar-refractivity contribution in [2.45, 2.75) is 64.5 Å². The van der Waals surface area contributed by atoms with E-state index in [1.807, 2.05) is 6.92 Å². The van der Waals surface area contributed by atoms with Gasteiger partial charge in [0, 0.05) is 12.6 Å². The van der Waals surface area contributed by atoms with Gasteiger partial charge in [-0.25, -0.2) is 0 Å². The van der Waals surface area contributed by atoms with Crippen molar-refractivity contribution in [1.29, 1.82) is 0 Å². The Morgan fingerprint density at radius 2 is 2.12 bits per heavy atom. The van der Waals surface area contributed by atoms with Crippen LogP contribution in [0.3, 0.4) is 0 Å². The maximum Gasteiger partial charge on any atom is 0.0741 e. The molecule has 1 heterocycles. The van der Waals surface area contributed by atoms with Crippen molar-refractivity contribution in [2.75, 3.05) is 19.6 Å². The van der Waals surface area contributed by atoms with E-state index in [0.29, 0.717) is 6.54 Å². The molecule has 3 N–H and O–H groups in total. The van der Waals surface area contributed by atoms with Crippen molar-refractivity contribution in [1.82, 2.24) is 4.90 Å². The van der Waals surface area contributed by atoms with Crippen LogP contribution in [0.25, 0.3) is 0 Å². The van der Waals surface area contributed by atoms with E-state index in [4.69, 9.17) is 5.73 Å². The topological polar surface area (TPSA) is 49.5 Å². The third-order valence-corrected chi connectivity index (χ3v) is 4.03. The summed E-state index contributed by atoms with van der Waals surface area (Å²) in [5.41, 5.74) is 4.85. The minimum Gasteiger partial charge on any atom is -0.389 e. The number of hydrogen-bond acceptors (Lipinski definition) is 3. The summed E-state index contributed by atoms with van der Waals surface area (Å²) in [6.07, 6.45) is 5.79. The molecule has 102 valence electrons. The van der Waals surface area contributed by atoms with E-state index < -0.39 is 5.60 Å². The van der Waals surface area contributed by atoms with Gasteiger partial charge in [-0.05, 0) is 58.0 Å². The van der Waals surface area contributed by atoms with Gasteiger partial charge >= 0.3 is 0 Å². The Hall–Kier alpha value is -0.120. The van der Waals surface area contributed by atoms with Crippen LogP contribution in [0, 0.1) is 5.92 Å². The highest BCUT2D eigenvalue weighted by Gasteiger charge is 2.26. The monoisotopic (exact) mass is 242 g/mol. The minimum absolute atomic E-state index is 0.366. The average molecular weight is 242 g/mol. The molecule has 0 aromatic carbocycles. The molecule has 0 aliphatic carbocycles. The van der Waals surface area contributed by atoms with E-state index in [9.17, 15) is 5.11 Å². The van der Waals surface area contributed by atoms with Crippen LogP contribution in [0.5, 0.6) is 0 Å². The molecular weight excluding hydrogens is 212 g/mol. The molecule has 0 aromatic heterocycles. The van der Waals surface area contributed by atoms with Crippen molar-refractivity contribution in [2.24, 2.45) is 11.7 Å².